The zero-order valence-corrected chi connectivity index (χ0v) is 5.91. The molecule has 1 heterocycles. The zero-order chi connectivity index (χ0) is 8.10. The average molecular weight is 154 g/mol. The fraction of sp³-hybridized carbons (Fsp3) is 0.200. The fourth-order valence-electron chi connectivity index (χ4n) is 0.587. The van der Waals surface area contributed by atoms with Crippen LogP contribution in [0.2, 0.25) is 0 Å². The summed E-state index contributed by atoms with van der Waals surface area (Å²) in [7, 11) is 0. The number of imidazole rings is 1. The predicted molar refractivity (Wildman–Crippen MR) is 41.2 cm³/mol. The first-order valence-corrected chi connectivity index (χ1v) is 3.06. The lowest BCUT2D eigenvalue weighted by atomic mass is 10.5. The molecule has 11 heavy (non-hydrogen) atoms. The van der Waals surface area contributed by atoms with E-state index >= 15 is 0 Å². The minimum atomic E-state index is 0.208. The van der Waals surface area contributed by atoms with Crippen molar-refractivity contribution in [3.8, 4) is 0 Å². The highest BCUT2D eigenvalue weighted by atomic mass is 15.3. The van der Waals surface area contributed by atoms with Crippen LogP contribution in [0.5, 0.6) is 0 Å². The molecule has 0 atom stereocenters. The van der Waals surface area contributed by atoms with E-state index in [1.165, 1.54) is 0 Å². The first kappa shape index (κ1) is 7.55. The maximum absolute atomic E-state index is 5.27. The Balaban J connectivity index is 2.45. The van der Waals surface area contributed by atoms with Gasteiger partial charge in [-0.25, -0.2) is 15.8 Å². The largest absolute Gasteiger partial charge is 0.369 e. The fourth-order valence-corrected chi connectivity index (χ4v) is 0.587. The molecule has 0 saturated heterocycles. The van der Waals surface area contributed by atoms with Crippen LogP contribution >= 0.6 is 0 Å². The van der Waals surface area contributed by atoms with Gasteiger partial charge >= 0.3 is 0 Å². The van der Waals surface area contributed by atoms with E-state index in [1.54, 1.807) is 12.5 Å². The van der Waals surface area contributed by atoms with E-state index in [1.807, 2.05) is 0 Å². The van der Waals surface area contributed by atoms with E-state index in [2.05, 4.69) is 20.4 Å². The first-order valence-electron chi connectivity index (χ1n) is 3.06. The van der Waals surface area contributed by atoms with E-state index in [0.29, 0.717) is 6.54 Å². The van der Waals surface area contributed by atoms with Gasteiger partial charge in [0.05, 0.1) is 18.6 Å². The van der Waals surface area contributed by atoms with E-state index in [0.717, 1.165) is 5.69 Å². The Kier molecular flexibility index (Phi) is 2.45. The molecule has 1 rings (SSSR count). The van der Waals surface area contributed by atoms with Crippen molar-refractivity contribution in [2.24, 2.45) is 16.6 Å². The number of hydrazine groups is 1. The lowest BCUT2D eigenvalue weighted by Crippen LogP contribution is -2.37. The number of aromatic amines is 1. The Bertz CT molecular complexity index is 225. The minimum absolute atomic E-state index is 0.208. The smallest absolute Gasteiger partial charge is 0.203 e. The number of hydrogen-bond acceptors (Lipinski definition) is 3. The lowest BCUT2D eigenvalue weighted by Gasteiger charge is -1.95. The topological polar surface area (TPSA) is 105 Å². The number of rotatable bonds is 2. The Labute approximate surface area is 63.7 Å². The summed E-state index contributed by atoms with van der Waals surface area (Å²) >= 11 is 0. The second-order valence-electron chi connectivity index (χ2n) is 1.92. The molecule has 0 amide bonds. The Hall–Kier alpha value is -1.56. The van der Waals surface area contributed by atoms with Gasteiger partial charge in [0.15, 0.2) is 0 Å². The van der Waals surface area contributed by atoms with Crippen LogP contribution in [0.15, 0.2) is 17.5 Å². The molecule has 0 aliphatic rings. The van der Waals surface area contributed by atoms with Crippen molar-refractivity contribution in [3.63, 3.8) is 0 Å². The molecule has 0 aliphatic heterocycles. The molecule has 6 nitrogen and oxygen atoms in total. The number of H-pyrrole nitrogens is 1. The molecule has 0 aliphatic carbocycles. The highest BCUT2D eigenvalue weighted by Gasteiger charge is 1.90. The molecule has 6 N–H and O–H groups in total. The second-order valence-corrected chi connectivity index (χ2v) is 1.92. The summed E-state index contributed by atoms with van der Waals surface area (Å²) in [5, 5.41) is 0. The van der Waals surface area contributed by atoms with Crippen LogP contribution in [0.1, 0.15) is 5.69 Å². The third-order valence-electron chi connectivity index (χ3n) is 1.12. The number of hydrogen-bond donors (Lipinski definition) is 4. The van der Waals surface area contributed by atoms with Crippen LogP contribution in [0, 0.1) is 0 Å². The average Bonchev–Trinajstić information content (AvgIpc) is 2.52. The van der Waals surface area contributed by atoms with Gasteiger partial charge in [0.25, 0.3) is 0 Å². The summed E-state index contributed by atoms with van der Waals surface area (Å²) in [5.74, 6) is 5.19. The van der Waals surface area contributed by atoms with Gasteiger partial charge in [0.1, 0.15) is 0 Å². The third-order valence-corrected chi connectivity index (χ3v) is 1.12. The molecule has 0 fully saturated rings. The molecule has 60 valence electrons. The molecule has 6 heteroatoms. The number of nitrogens with one attached hydrogen (secondary N) is 2. The van der Waals surface area contributed by atoms with E-state index in [4.69, 9.17) is 11.6 Å². The molecule has 0 spiro atoms. The van der Waals surface area contributed by atoms with Gasteiger partial charge in [0.2, 0.25) is 5.96 Å². The van der Waals surface area contributed by atoms with Gasteiger partial charge in [-0.05, 0) is 0 Å². The van der Waals surface area contributed by atoms with Crippen LogP contribution in [-0.4, -0.2) is 15.9 Å². The second kappa shape index (κ2) is 3.57. The van der Waals surface area contributed by atoms with Crippen LogP contribution in [0.25, 0.3) is 0 Å². The Morgan fingerprint density at radius 3 is 3.18 bits per heavy atom. The van der Waals surface area contributed by atoms with Crippen molar-refractivity contribution >= 4 is 5.96 Å². The van der Waals surface area contributed by atoms with Crippen molar-refractivity contribution in [2.45, 2.75) is 6.54 Å². The quantitative estimate of drug-likeness (QED) is 0.184. The molecular formula is C5H10N6. The highest BCUT2D eigenvalue weighted by molar-refractivity contribution is 5.76. The monoisotopic (exact) mass is 154 g/mol. The molecule has 0 saturated carbocycles. The van der Waals surface area contributed by atoms with E-state index in [9.17, 15) is 0 Å². The summed E-state index contributed by atoms with van der Waals surface area (Å²) in [4.78, 5) is 10.6. The van der Waals surface area contributed by atoms with Crippen LogP contribution in [0.4, 0.5) is 0 Å². The normalized spacial score (nSPS) is 11.5. The number of nitrogens with zero attached hydrogens (tertiary/aromatic N) is 2. The van der Waals surface area contributed by atoms with Gasteiger partial charge in [-0.1, -0.05) is 0 Å². The third kappa shape index (κ3) is 2.26. The Morgan fingerprint density at radius 2 is 2.64 bits per heavy atom. The van der Waals surface area contributed by atoms with Crippen LogP contribution in [-0.2, 0) is 6.54 Å². The zero-order valence-electron chi connectivity index (χ0n) is 5.91. The molecule has 0 unspecified atom stereocenters. The SMILES string of the molecule is NNC(N)=NCc1cnc[nH]1. The highest BCUT2D eigenvalue weighted by Crippen LogP contribution is 1.91. The minimum Gasteiger partial charge on any atom is -0.369 e. The van der Waals surface area contributed by atoms with Crippen molar-refractivity contribution in [2.75, 3.05) is 0 Å². The van der Waals surface area contributed by atoms with Crippen molar-refractivity contribution in [1.29, 1.82) is 0 Å². The molecular weight excluding hydrogens is 144 g/mol. The van der Waals surface area contributed by atoms with Gasteiger partial charge < -0.3 is 10.7 Å². The van der Waals surface area contributed by atoms with Crippen molar-refractivity contribution in [3.05, 3.63) is 18.2 Å². The first-order chi connectivity index (χ1) is 5.33. The van der Waals surface area contributed by atoms with Gasteiger partial charge in [-0.2, -0.15) is 0 Å². The summed E-state index contributed by atoms with van der Waals surface area (Å²) in [6.07, 6.45) is 3.25. The van der Waals surface area contributed by atoms with Gasteiger partial charge in [-0.3, -0.25) is 5.43 Å². The maximum Gasteiger partial charge on any atom is 0.203 e. The maximum atomic E-state index is 5.27. The van der Waals surface area contributed by atoms with Crippen molar-refractivity contribution < 1.29 is 0 Å². The molecule has 0 aromatic carbocycles. The molecule has 1 aromatic heterocycles. The summed E-state index contributed by atoms with van der Waals surface area (Å²) in [5.41, 5.74) is 8.38. The van der Waals surface area contributed by atoms with E-state index in [-0.39, 0.29) is 5.96 Å². The number of guanidine groups is 1. The molecule has 1 aromatic rings. The predicted octanol–water partition coefficient (Wildman–Crippen LogP) is -1.31. The standard InChI is InChI=1S/C5H10N6/c6-5(11-7)9-2-4-1-8-3-10-4/h1,3H,2,7H2,(H,8,10)(H3,6,9,11). The van der Waals surface area contributed by atoms with Crippen LogP contribution < -0.4 is 17.0 Å². The summed E-state index contributed by atoms with van der Waals surface area (Å²) in [6.45, 7) is 0.454. The lowest BCUT2D eigenvalue weighted by molar-refractivity contribution is 0.940. The van der Waals surface area contributed by atoms with Crippen molar-refractivity contribution in [1.82, 2.24) is 15.4 Å². The molecule has 0 bridgehead atoms. The summed E-state index contributed by atoms with van der Waals surface area (Å²) in [6, 6.07) is 0. The number of aliphatic imine (C=N–C) groups is 1. The van der Waals surface area contributed by atoms with Gasteiger partial charge in [0, 0.05) is 6.20 Å². The van der Waals surface area contributed by atoms with Crippen LogP contribution in [0.3, 0.4) is 0 Å². The Morgan fingerprint density at radius 1 is 1.82 bits per heavy atom. The summed E-state index contributed by atoms with van der Waals surface area (Å²) < 4.78 is 0. The number of aromatic nitrogens is 2. The van der Waals surface area contributed by atoms with Gasteiger partial charge in [-0.15, -0.1) is 0 Å². The number of nitrogens with two attached hydrogens (primary N) is 2. The molecule has 0 radical (unpaired) electrons. The van der Waals surface area contributed by atoms with E-state index < -0.39 is 0 Å².